The number of anilines is 1. The normalized spacial score (nSPS) is 15.4. The van der Waals surface area contributed by atoms with Crippen molar-refractivity contribution >= 4 is 13.4 Å². The first-order valence-corrected chi connectivity index (χ1v) is 7.30. The van der Waals surface area contributed by atoms with Gasteiger partial charge in [-0.1, -0.05) is 0 Å². The van der Waals surface area contributed by atoms with Gasteiger partial charge < -0.3 is 14.0 Å². The Hall–Kier alpha value is -2.24. The number of ether oxygens (including phenoxy) is 2. The first-order valence-electron chi connectivity index (χ1n) is 5.73. The lowest BCUT2D eigenvalue weighted by atomic mass is 10.3. The fourth-order valence-electron chi connectivity index (χ4n) is 1.69. The van der Waals surface area contributed by atoms with Crippen molar-refractivity contribution < 1.29 is 23.5 Å². The van der Waals surface area contributed by atoms with Gasteiger partial charge in [0.1, 0.15) is 5.75 Å². The van der Waals surface area contributed by atoms with E-state index in [9.17, 15) is 9.46 Å². The van der Waals surface area contributed by atoms with E-state index in [0.717, 1.165) is 0 Å². The van der Waals surface area contributed by atoms with Crippen molar-refractivity contribution in [3.8, 4) is 17.2 Å². The molecular formula is C12H11N2O5P. The molecule has 104 valence electrons. The third-order valence-electron chi connectivity index (χ3n) is 2.51. The van der Waals surface area contributed by atoms with Crippen molar-refractivity contribution in [1.82, 2.24) is 4.98 Å². The lowest BCUT2D eigenvalue weighted by molar-refractivity contribution is 0.174. The Kier molecular flexibility index (Phi) is 3.22. The number of nitrogens with one attached hydrogen (secondary N) is 1. The first-order chi connectivity index (χ1) is 9.62. The molecule has 7 nitrogen and oxygen atoms in total. The number of hydrogen-bond donors (Lipinski definition) is 2. The molecule has 0 amide bonds. The molecule has 0 fully saturated rings. The van der Waals surface area contributed by atoms with Gasteiger partial charge in [-0.05, 0) is 24.3 Å². The smallest absolute Gasteiger partial charge is 0.454 e. The van der Waals surface area contributed by atoms with Gasteiger partial charge >= 0.3 is 7.75 Å². The Balaban J connectivity index is 1.74. The topological polar surface area (TPSA) is 89.9 Å². The van der Waals surface area contributed by atoms with Gasteiger partial charge in [0.15, 0.2) is 11.5 Å². The van der Waals surface area contributed by atoms with Gasteiger partial charge in [-0.25, -0.2) is 4.57 Å². The van der Waals surface area contributed by atoms with Crippen molar-refractivity contribution in [3.05, 3.63) is 42.7 Å². The van der Waals surface area contributed by atoms with Crippen molar-refractivity contribution in [2.45, 2.75) is 0 Å². The average Bonchev–Trinajstić information content (AvgIpc) is 2.86. The van der Waals surface area contributed by atoms with Crippen molar-refractivity contribution in [1.29, 1.82) is 0 Å². The molecule has 2 heterocycles. The number of fused-ring (bicyclic) bond motifs is 1. The molecule has 2 aromatic rings. The number of rotatable bonds is 4. The van der Waals surface area contributed by atoms with E-state index in [2.05, 4.69) is 10.1 Å². The molecule has 1 aromatic carbocycles. The van der Waals surface area contributed by atoms with E-state index in [1.54, 1.807) is 24.4 Å². The maximum atomic E-state index is 12.0. The maximum Gasteiger partial charge on any atom is 0.483 e. The number of pyridine rings is 1. The SMILES string of the molecule is O=P(O)(Nc1cccnc1)Oc1ccc2c(c1)OCO2. The number of nitrogens with zero attached hydrogens (tertiary/aromatic N) is 1. The van der Waals surface area contributed by atoms with Crippen LogP contribution in [0.3, 0.4) is 0 Å². The predicted octanol–water partition coefficient (Wildman–Crippen LogP) is 2.40. The van der Waals surface area contributed by atoms with Crippen LogP contribution in [0.25, 0.3) is 0 Å². The van der Waals surface area contributed by atoms with Gasteiger partial charge in [0, 0.05) is 12.3 Å². The van der Waals surface area contributed by atoms with Crippen molar-refractivity contribution in [2.24, 2.45) is 0 Å². The summed E-state index contributed by atoms with van der Waals surface area (Å²) < 4.78 is 27.4. The van der Waals surface area contributed by atoms with Crippen LogP contribution < -0.4 is 19.1 Å². The minimum atomic E-state index is -4.05. The molecule has 2 N–H and O–H groups in total. The highest BCUT2D eigenvalue weighted by Gasteiger charge is 2.23. The molecule has 1 aliphatic rings. The summed E-state index contributed by atoms with van der Waals surface area (Å²) in [5.74, 6) is 1.26. The summed E-state index contributed by atoms with van der Waals surface area (Å²) in [7, 11) is -4.05. The zero-order chi connectivity index (χ0) is 14.0. The van der Waals surface area contributed by atoms with Gasteiger partial charge in [0.2, 0.25) is 6.79 Å². The Morgan fingerprint density at radius 3 is 2.95 bits per heavy atom. The minimum absolute atomic E-state index is 0.128. The van der Waals surface area contributed by atoms with Gasteiger partial charge in [-0.15, -0.1) is 0 Å². The summed E-state index contributed by atoms with van der Waals surface area (Å²) in [6, 6.07) is 7.89. The van der Waals surface area contributed by atoms with E-state index in [-0.39, 0.29) is 12.5 Å². The Bertz CT molecular complexity index is 664. The fraction of sp³-hybridized carbons (Fsp3) is 0.0833. The predicted molar refractivity (Wildman–Crippen MR) is 70.9 cm³/mol. The quantitative estimate of drug-likeness (QED) is 0.837. The van der Waals surface area contributed by atoms with Crippen LogP contribution in [0.4, 0.5) is 5.69 Å². The van der Waals surface area contributed by atoms with Crippen LogP contribution in [0.1, 0.15) is 0 Å². The Morgan fingerprint density at radius 2 is 2.15 bits per heavy atom. The van der Waals surface area contributed by atoms with Crippen molar-refractivity contribution in [3.63, 3.8) is 0 Å². The van der Waals surface area contributed by atoms with E-state index in [1.165, 1.54) is 18.3 Å². The summed E-state index contributed by atoms with van der Waals surface area (Å²) >= 11 is 0. The molecule has 0 spiro atoms. The zero-order valence-corrected chi connectivity index (χ0v) is 11.1. The molecule has 0 aliphatic carbocycles. The molecule has 1 unspecified atom stereocenters. The van der Waals surface area contributed by atoms with Crippen LogP contribution in [0.5, 0.6) is 17.2 Å². The highest BCUT2D eigenvalue weighted by Crippen LogP contribution is 2.45. The maximum absolute atomic E-state index is 12.0. The standard InChI is InChI=1S/C12H11N2O5P/c15-20(16,14-9-2-1-5-13-7-9)19-10-3-4-11-12(6-10)18-8-17-11/h1-7H,8H2,(H2,14,15,16). The molecule has 1 aliphatic heterocycles. The Morgan fingerprint density at radius 1 is 1.30 bits per heavy atom. The molecule has 1 atom stereocenters. The zero-order valence-electron chi connectivity index (χ0n) is 10.2. The molecule has 0 bridgehead atoms. The van der Waals surface area contributed by atoms with Gasteiger partial charge in [-0.3, -0.25) is 15.0 Å². The molecule has 20 heavy (non-hydrogen) atoms. The molecule has 0 saturated heterocycles. The van der Waals surface area contributed by atoms with Crippen molar-refractivity contribution in [2.75, 3.05) is 11.9 Å². The van der Waals surface area contributed by atoms with E-state index >= 15 is 0 Å². The molecule has 1 aromatic heterocycles. The van der Waals surface area contributed by atoms with Crippen LogP contribution in [-0.2, 0) is 4.57 Å². The Labute approximate surface area is 114 Å². The van der Waals surface area contributed by atoms with Gasteiger partial charge in [0.25, 0.3) is 0 Å². The van der Waals surface area contributed by atoms with Crippen LogP contribution in [-0.4, -0.2) is 16.7 Å². The summed E-state index contributed by atoms with van der Waals surface area (Å²) in [5.41, 5.74) is 0.388. The monoisotopic (exact) mass is 294 g/mol. The molecule has 3 rings (SSSR count). The van der Waals surface area contributed by atoms with Gasteiger partial charge in [0.05, 0.1) is 11.9 Å². The molecule has 0 radical (unpaired) electrons. The lowest BCUT2D eigenvalue weighted by Crippen LogP contribution is -2.02. The van der Waals surface area contributed by atoms with Crippen LogP contribution in [0.2, 0.25) is 0 Å². The second-order valence-corrected chi connectivity index (χ2v) is 5.43. The molecular weight excluding hydrogens is 283 g/mol. The highest BCUT2D eigenvalue weighted by atomic mass is 31.2. The summed E-state index contributed by atoms with van der Waals surface area (Å²) in [4.78, 5) is 13.6. The lowest BCUT2D eigenvalue weighted by Gasteiger charge is -2.15. The van der Waals surface area contributed by atoms with Crippen LogP contribution in [0.15, 0.2) is 42.7 Å². The van der Waals surface area contributed by atoms with E-state index in [0.29, 0.717) is 17.2 Å². The average molecular weight is 294 g/mol. The van der Waals surface area contributed by atoms with E-state index in [4.69, 9.17) is 14.0 Å². The summed E-state index contributed by atoms with van der Waals surface area (Å²) in [6.45, 7) is 0.128. The second kappa shape index (κ2) is 5.03. The summed E-state index contributed by atoms with van der Waals surface area (Å²) in [6.07, 6.45) is 2.98. The van der Waals surface area contributed by atoms with Gasteiger partial charge in [-0.2, -0.15) is 0 Å². The van der Waals surface area contributed by atoms with Crippen LogP contribution in [0, 0.1) is 0 Å². The fourth-order valence-corrected chi connectivity index (χ4v) is 2.59. The van der Waals surface area contributed by atoms with E-state index in [1.807, 2.05) is 0 Å². The second-order valence-electron chi connectivity index (χ2n) is 3.98. The summed E-state index contributed by atoms with van der Waals surface area (Å²) in [5, 5.41) is 2.39. The highest BCUT2D eigenvalue weighted by molar-refractivity contribution is 7.54. The third kappa shape index (κ3) is 2.84. The third-order valence-corrected chi connectivity index (χ3v) is 3.50. The van der Waals surface area contributed by atoms with E-state index < -0.39 is 7.75 Å². The first kappa shape index (κ1) is 12.8. The largest absolute Gasteiger partial charge is 0.483 e. The number of benzene rings is 1. The molecule has 8 heteroatoms. The number of hydrogen-bond acceptors (Lipinski definition) is 5. The minimum Gasteiger partial charge on any atom is -0.454 e. The number of aromatic nitrogens is 1. The molecule has 0 saturated carbocycles. The van der Waals surface area contributed by atoms with Crippen LogP contribution >= 0.6 is 7.75 Å².